The lowest BCUT2D eigenvalue weighted by Crippen LogP contribution is -2.00. The van der Waals surface area contributed by atoms with Gasteiger partial charge in [0.05, 0.1) is 6.10 Å². The Hall–Kier alpha value is 0.190. The quantitative estimate of drug-likeness (QED) is 0.584. The van der Waals surface area contributed by atoms with Crippen LogP contribution in [-0.2, 0) is 9.09 Å². The minimum atomic E-state index is -1.71. The van der Waals surface area contributed by atoms with E-state index in [0.29, 0.717) is 0 Å². The molecule has 0 radical (unpaired) electrons. The van der Waals surface area contributed by atoms with Crippen LogP contribution in [-0.4, -0.2) is 12.3 Å². The first-order valence-corrected chi connectivity index (χ1v) is 5.92. The van der Waals surface area contributed by atoms with Gasteiger partial charge in [-0.1, -0.05) is 20.3 Å². The highest BCUT2D eigenvalue weighted by Gasteiger charge is 2.03. The predicted octanol–water partition coefficient (Wildman–Crippen LogP) is 3.08. The van der Waals surface area contributed by atoms with E-state index < -0.39 is 8.03 Å². The molecular weight excluding hydrogens is 159 g/mol. The maximum atomic E-state index is 11.1. The van der Waals surface area contributed by atoms with Gasteiger partial charge in [-0.25, -0.2) is 0 Å². The fraction of sp³-hybridized carbons (Fsp3) is 1.00. The van der Waals surface area contributed by atoms with Crippen LogP contribution in [0.1, 0.15) is 40.0 Å². The molecule has 0 saturated heterocycles. The molecule has 0 rings (SSSR count). The van der Waals surface area contributed by atoms with Crippen molar-refractivity contribution in [2.24, 2.45) is 0 Å². The van der Waals surface area contributed by atoms with Gasteiger partial charge < -0.3 is 4.52 Å². The largest absolute Gasteiger partial charge is 0.327 e. The zero-order chi connectivity index (χ0) is 8.69. The third kappa shape index (κ3) is 6.58. The van der Waals surface area contributed by atoms with Crippen molar-refractivity contribution in [2.45, 2.75) is 46.1 Å². The van der Waals surface area contributed by atoms with E-state index in [1.165, 1.54) is 0 Å². The van der Waals surface area contributed by atoms with Gasteiger partial charge in [-0.05, 0) is 19.8 Å². The van der Waals surface area contributed by atoms with Crippen molar-refractivity contribution in [3.05, 3.63) is 0 Å². The first-order valence-electron chi connectivity index (χ1n) is 4.40. The van der Waals surface area contributed by atoms with Crippen LogP contribution < -0.4 is 0 Å². The molecule has 11 heavy (non-hydrogen) atoms. The Morgan fingerprint density at radius 1 is 1.45 bits per heavy atom. The zero-order valence-electron chi connectivity index (χ0n) is 7.72. The topological polar surface area (TPSA) is 26.3 Å². The van der Waals surface area contributed by atoms with E-state index in [1.54, 1.807) is 0 Å². The molecule has 0 aliphatic carbocycles. The summed E-state index contributed by atoms with van der Waals surface area (Å²) in [5.74, 6) is 0. The van der Waals surface area contributed by atoms with Gasteiger partial charge in [-0.3, -0.25) is 4.57 Å². The predicted molar refractivity (Wildman–Crippen MR) is 49.6 cm³/mol. The van der Waals surface area contributed by atoms with E-state index in [9.17, 15) is 4.57 Å². The van der Waals surface area contributed by atoms with E-state index in [1.807, 2.05) is 13.8 Å². The molecule has 2 unspecified atom stereocenters. The van der Waals surface area contributed by atoms with Gasteiger partial charge in [0.25, 0.3) is 0 Å². The summed E-state index contributed by atoms with van der Waals surface area (Å²) in [6.45, 7) is 6.10. The Balaban J connectivity index is 3.36. The summed E-state index contributed by atoms with van der Waals surface area (Å²) in [7, 11) is -1.71. The SMILES string of the molecule is CCCC[PH](=O)OC(C)CC. The molecule has 0 aliphatic heterocycles. The Morgan fingerprint density at radius 2 is 2.09 bits per heavy atom. The van der Waals surface area contributed by atoms with Gasteiger partial charge in [0, 0.05) is 6.16 Å². The van der Waals surface area contributed by atoms with Crippen molar-refractivity contribution >= 4 is 8.03 Å². The average Bonchev–Trinajstić information content (AvgIpc) is 2.00. The minimum absolute atomic E-state index is 0.165. The maximum Gasteiger partial charge on any atom is 0.191 e. The van der Waals surface area contributed by atoms with Gasteiger partial charge in [-0.15, -0.1) is 0 Å². The molecule has 2 nitrogen and oxygen atoms in total. The van der Waals surface area contributed by atoms with Crippen molar-refractivity contribution in [1.29, 1.82) is 0 Å². The van der Waals surface area contributed by atoms with Crippen LogP contribution in [0.15, 0.2) is 0 Å². The zero-order valence-corrected chi connectivity index (χ0v) is 8.72. The lowest BCUT2D eigenvalue weighted by molar-refractivity contribution is 0.230. The molecular formula is C8H19O2P. The third-order valence-electron chi connectivity index (χ3n) is 1.64. The Bertz CT molecular complexity index is 115. The van der Waals surface area contributed by atoms with E-state index >= 15 is 0 Å². The summed E-state index contributed by atoms with van der Waals surface area (Å²) in [4.78, 5) is 0. The van der Waals surface area contributed by atoms with Gasteiger partial charge >= 0.3 is 0 Å². The second-order valence-corrected chi connectivity index (χ2v) is 4.29. The molecule has 0 heterocycles. The fourth-order valence-corrected chi connectivity index (χ4v) is 2.06. The molecule has 0 aliphatic rings. The van der Waals surface area contributed by atoms with Crippen molar-refractivity contribution in [3.63, 3.8) is 0 Å². The van der Waals surface area contributed by atoms with Gasteiger partial charge in [0.1, 0.15) is 0 Å². The first kappa shape index (κ1) is 11.2. The lowest BCUT2D eigenvalue weighted by Gasteiger charge is -2.09. The lowest BCUT2D eigenvalue weighted by atomic mass is 10.3. The van der Waals surface area contributed by atoms with Crippen molar-refractivity contribution in [2.75, 3.05) is 6.16 Å². The van der Waals surface area contributed by atoms with Crippen LogP contribution in [0.5, 0.6) is 0 Å². The van der Waals surface area contributed by atoms with Crippen LogP contribution in [0.2, 0.25) is 0 Å². The Labute approximate surface area is 70.2 Å². The standard InChI is InChI=1S/C8H19O2P/c1-4-6-7-11(9)10-8(3)5-2/h8,11H,4-7H2,1-3H3. The van der Waals surface area contributed by atoms with Crippen LogP contribution >= 0.6 is 8.03 Å². The monoisotopic (exact) mass is 178 g/mol. The molecule has 0 spiro atoms. The van der Waals surface area contributed by atoms with Crippen LogP contribution in [0.3, 0.4) is 0 Å². The third-order valence-corrected chi connectivity index (χ3v) is 3.07. The fourth-order valence-electron chi connectivity index (χ4n) is 0.688. The highest BCUT2D eigenvalue weighted by molar-refractivity contribution is 7.39. The minimum Gasteiger partial charge on any atom is -0.327 e. The molecule has 0 fully saturated rings. The molecule has 0 bridgehead atoms. The molecule has 0 N–H and O–H groups in total. The van der Waals surface area contributed by atoms with Gasteiger partial charge in [0.15, 0.2) is 8.03 Å². The van der Waals surface area contributed by atoms with Crippen LogP contribution in [0.4, 0.5) is 0 Å². The van der Waals surface area contributed by atoms with Gasteiger partial charge in [0.2, 0.25) is 0 Å². The number of hydrogen-bond donors (Lipinski definition) is 0. The highest BCUT2D eigenvalue weighted by atomic mass is 31.1. The number of hydrogen-bond acceptors (Lipinski definition) is 2. The molecule has 3 heteroatoms. The molecule has 0 saturated carbocycles. The molecule has 0 aromatic heterocycles. The highest BCUT2D eigenvalue weighted by Crippen LogP contribution is 2.26. The Kier molecular flexibility index (Phi) is 6.99. The van der Waals surface area contributed by atoms with Crippen LogP contribution in [0, 0.1) is 0 Å². The van der Waals surface area contributed by atoms with Crippen molar-refractivity contribution in [1.82, 2.24) is 0 Å². The summed E-state index contributed by atoms with van der Waals surface area (Å²) in [6.07, 6.45) is 3.99. The summed E-state index contributed by atoms with van der Waals surface area (Å²) >= 11 is 0. The number of rotatable bonds is 6. The molecule has 2 atom stereocenters. The van der Waals surface area contributed by atoms with E-state index in [4.69, 9.17) is 4.52 Å². The second kappa shape index (κ2) is 6.87. The number of unbranched alkanes of at least 4 members (excludes halogenated alkanes) is 1. The normalized spacial score (nSPS) is 16.3. The summed E-state index contributed by atoms with van der Waals surface area (Å²) < 4.78 is 16.4. The Morgan fingerprint density at radius 3 is 2.55 bits per heavy atom. The van der Waals surface area contributed by atoms with Gasteiger partial charge in [-0.2, -0.15) is 0 Å². The van der Waals surface area contributed by atoms with E-state index in [-0.39, 0.29) is 6.10 Å². The van der Waals surface area contributed by atoms with E-state index in [0.717, 1.165) is 25.4 Å². The summed E-state index contributed by atoms with van der Waals surface area (Å²) in [6, 6.07) is 0. The van der Waals surface area contributed by atoms with E-state index in [2.05, 4.69) is 6.92 Å². The van der Waals surface area contributed by atoms with Crippen LogP contribution in [0.25, 0.3) is 0 Å². The summed E-state index contributed by atoms with van der Waals surface area (Å²) in [5, 5.41) is 0. The van der Waals surface area contributed by atoms with Crippen molar-refractivity contribution in [3.8, 4) is 0 Å². The summed E-state index contributed by atoms with van der Waals surface area (Å²) in [5.41, 5.74) is 0. The maximum absolute atomic E-state index is 11.1. The average molecular weight is 178 g/mol. The second-order valence-electron chi connectivity index (χ2n) is 2.81. The molecule has 0 aromatic rings. The molecule has 68 valence electrons. The smallest absolute Gasteiger partial charge is 0.191 e. The first-order chi connectivity index (χ1) is 5.20. The molecule has 0 amide bonds. The van der Waals surface area contributed by atoms with Crippen molar-refractivity contribution < 1.29 is 9.09 Å². The molecule has 0 aromatic carbocycles.